The first-order valence-electron chi connectivity index (χ1n) is 27.3. The van der Waals surface area contributed by atoms with E-state index < -0.39 is 127 Å². The van der Waals surface area contributed by atoms with Crippen LogP contribution in [0.5, 0.6) is 17.2 Å². The van der Waals surface area contributed by atoms with Crippen molar-refractivity contribution in [3.63, 3.8) is 0 Å². The number of hydroxylamine groups is 1. The summed E-state index contributed by atoms with van der Waals surface area (Å²) >= 11 is 2.83. The van der Waals surface area contributed by atoms with Crippen LogP contribution in [0.3, 0.4) is 0 Å². The Hall–Kier alpha value is -2.94. The highest BCUT2D eigenvalue weighted by Crippen LogP contribution is 2.49. The molecule has 6 aliphatic rings. The predicted molar refractivity (Wildman–Crippen MR) is 324 cm³/mol. The summed E-state index contributed by atoms with van der Waals surface area (Å²) in [7, 11) is 11.3. The number of methoxy groups -OCH3 is 5. The van der Waals surface area contributed by atoms with Crippen molar-refractivity contribution >= 4 is 82.8 Å². The average molecular weight is 1380 g/mol. The van der Waals surface area contributed by atoms with E-state index in [-0.39, 0.29) is 77.3 Å². The number of allylic oxidation sites excluding steroid dienone is 3. The molecule has 0 saturated carbocycles. The highest BCUT2D eigenvalue weighted by molar-refractivity contribution is 14.1. The number of hydrogen-bond acceptors (Lipinski definition) is 27. The van der Waals surface area contributed by atoms with Crippen LogP contribution in [0.2, 0.25) is 0 Å². The Morgan fingerprint density at radius 2 is 1.60 bits per heavy atom. The van der Waals surface area contributed by atoms with Crippen molar-refractivity contribution in [3.05, 3.63) is 49.8 Å². The highest BCUT2D eigenvalue weighted by Gasteiger charge is 2.52. The van der Waals surface area contributed by atoms with Gasteiger partial charge in [0.25, 0.3) is 0 Å². The van der Waals surface area contributed by atoms with Gasteiger partial charge in [0.1, 0.15) is 36.6 Å². The molecule has 4 fully saturated rings. The average Bonchev–Trinajstić information content (AvgIpc) is 1.96. The number of amides is 1. The molecule has 8 N–H and O–H groups in total. The molecular formula is C56H76IN3O21S4. The van der Waals surface area contributed by atoms with Gasteiger partial charge in [-0.1, -0.05) is 77.0 Å². The number of carbonyl (C=O) groups excluding carboxylic acids is 3. The summed E-state index contributed by atoms with van der Waals surface area (Å²) in [4.78, 5) is 47.6. The molecule has 0 radical (unpaired) electrons. The van der Waals surface area contributed by atoms with E-state index in [9.17, 15) is 39.9 Å². The normalized spacial score (nSPS) is 35.3. The third-order valence-electron chi connectivity index (χ3n) is 14.8. The minimum Gasteiger partial charge on any atom is -0.492 e. The van der Waals surface area contributed by atoms with Gasteiger partial charge >= 0.3 is 6.09 Å². The van der Waals surface area contributed by atoms with Gasteiger partial charge in [-0.25, -0.2) is 4.79 Å². The van der Waals surface area contributed by atoms with Crippen LogP contribution in [0.15, 0.2) is 35.1 Å². The maximum Gasteiger partial charge on any atom is 0.411 e. The Morgan fingerprint density at radius 3 is 2.26 bits per heavy atom. The van der Waals surface area contributed by atoms with Crippen LogP contribution >= 0.6 is 65.8 Å². The van der Waals surface area contributed by atoms with Crippen molar-refractivity contribution in [2.75, 3.05) is 54.2 Å². The number of alkyl carbamates (subject to hydrolysis) is 1. The van der Waals surface area contributed by atoms with E-state index in [1.165, 1.54) is 64.9 Å². The number of thioether (sulfide) groups is 1. The SMILES string of the molecule is COC(=O)NC1=C2C(=CCSSSC)C(O)(C#CC=CC#CC2OC2OC(C)C(NOC3CC(O)C(SC(=O)c4c(C)c(I)c(OC5OC(C)C(O)C(OC)C5O)c(OC)c4OC)C(C)O3)C(O)C2OC2CC(OC)C(NC(C)C)CO2)CC1=O. The molecular weight excluding hydrogens is 1310 g/mol. The number of carbonyl (C=O) groups is 3. The standard InChI is InChI=1S/C56H76IN3O21S4/c1-25(2)58-31-24-74-36(22-35(31)69-7)79-49-44(64)41(27(4)76-54(49)78-34-17-15-13-14-16-19-56(68)23-33(62)42(59-55(67)73-11)39(34)30(56)18-20-83-85-82-12)60-81-37-21-32(61)51(29(6)75-37)84-52(66)38-26(3)40(57)47(50(72-10)46(38)70-8)80-53-45(65)48(71-9)43(63)28(5)77-53/h13-14,18,25,27-29,31-32,34-37,41,43-45,48-49,51,53-54,58,60-61,63-65,68H,20-24H2,1-12H3,(H,59,67). The topological polar surface area (TPSA) is 308 Å². The summed E-state index contributed by atoms with van der Waals surface area (Å²) in [6.45, 7) is 10.8. The third-order valence-corrected chi connectivity index (χ3v) is 21.3. The van der Waals surface area contributed by atoms with Crippen molar-refractivity contribution in [1.82, 2.24) is 16.1 Å². The van der Waals surface area contributed by atoms with Crippen LogP contribution in [0.25, 0.3) is 0 Å². The maximum absolute atomic E-state index is 14.4. The quantitative estimate of drug-likeness (QED) is 0.0270. The third kappa shape index (κ3) is 16.3. The van der Waals surface area contributed by atoms with Gasteiger partial charge in [-0.3, -0.25) is 19.7 Å². The predicted octanol–water partition coefficient (Wildman–Crippen LogP) is 3.59. The van der Waals surface area contributed by atoms with Gasteiger partial charge in [-0.05, 0) is 84.1 Å². The van der Waals surface area contributed by atoms with Crippen molar-refractivity contribution in [1.29, 1.82) is 0 Å². The molecule has 472 valence electrons. The molecule has 4 saturated heterocycles. The number of Topliss-reactive ketones (excluding diaryl/α,β-unsaturated/α-hetero) is 1. The molecule has 1 aromatic rings. The number of halogens is 1. The van der Waals surface area contributed by atoms with Gasteiger partial charge in [-0.2, -0.15) is 5.48 Å². The summed E-state index contributed by atoms with van der Waals surface area (Å²) in [5.74, 6) is 11.3. The number of hydrogen-bond donors (Lipinski definition) is 8. The van der Waals surface area contributed by atoms with Crippen LogP contribution in [0.1, 0.15) is 69.8 Å². The number of fused-ring (bicyclic) bond motifs is 2. The minimum absolute atomic E-state index is 0.0163. The number of aliphatic hydroxyl groups excluding tert-OH is 4. The van der Waals surface area contributed by atoms with Crippen molar-refractivity contribution < 1.29 is 102 Å². The Labute approximate surface area is 524 Å². The fourth-order valence-electron chi connectivity index (χ4n) is 10.6. The lowest BCUT2D eigenvalue weighted by molar-refractivity contribution is -0.336. The lowest BCUT2D eigenvalue weighted by Crippen LogP contribution is -2.65. The fourth-order valence-corrected chi connectivity index (χ4v) is 14.8. The Morgan fingerprint density at radius 1 is 0.882 bits per heavy atom. The molecule has 24 nitrogen and oxygen atoms in total. The van der Waals surface area contributed by atoms with E-state index in [2.05, 4.69) is 39.8 Å². The Bertz CT molecular complexity index is 2750. The molecule has 85 heavy (non-hydrogen) atoms. The Balaban J connectivity index is 1.12. The zero-order chi connectivity index (χ0) is 62.0. The summed E-state index contributed by atoms with van der Waals surface area (Å²) in [6, 6.07) is -1.19. The number of benzene rings is 1. The monoisotopic (exact) mass is 1380 g/mol. The molecule has 19 atom stereocenters. The molecule has 19 unspecified atom stereocenters. The van der Waals surface area contributed by atoms with Gasteiger partial charge < -0.3 is 87.7 Å². The highest BCUT2D eigenvalue weighted by atomic mass is 127. The van der Waals surface area contributed by atoms with E-state index in [1.54, 1.807) is 40.9 Å². The maximum atomic E-state index is 14.4. The lowest BCUT2D eigenvalue weighted by atomic mass is 9.75. The number of rotatable bonds is 22. The molecule has 29 heteroatoms. The largest absolute Gasteiger partial charge is 0.492 e. The second kappa shape index (κ2) is 31.7. The molecule has 4 heterocycles. The number of nitrogens with one attached hydrogen (secondary N) is 3. The van der Waals surface area contributed by atoms with E-state index in [1.807, 2.05) is 42.7 Å². The van der Waals surface area contributed by atoms with Crippen LogP contribution < -0.4 is 30.3 Å². The summed E-state index contributed by atoms with van der Waals surface area (Å²) in [5, 5.41) is 62.8. The van der Waals surface area contributed by atoms with Gasteiger partial charge in [0, 0.05) is 50.0 Å². The van der Waals surface area contributed by atoms with Crippen molar-refractivity contribution in [3.8, 4) is 40.9 Å². The molecule has 1 aromatic carbocycles. The van der Waals surface area contributed by atoms with Crippen molar-refractivity contribution in [2.24, 2.45) is 0 Å². The molecule has 0 spiro atoms. The van der Waals surface area contributed by atoms with E-state index in [0.717, 1.165) is 18.9 Å². The first-order chi connectivity index (χ1) is 40.5. The zero-order valence-electron chi connectivity index (χ0n) is 49.0. The van der Waals surface area contributed by atoms with E-state index in [4.69, 9.17) is 61.7 Å². The van der Waals surface area contributed by atoms with Gasteiger partial charge in [0.15, 0.2) is 41.8 Å². The lowest BCUT2D eigenvalue weighted by Gasteiger charge is -2.47. The number of aliphatic hydroxyl groups is 5. The minimum atomic E-state index is -2.06. The van der Waals surface area contributed by atoms with Gasteiger partial charge in [0.2, 0.25) is 17.2 Å². The van der Waals surface area contributed by atoms with Crippen molar-refractivity contribution in [2.45, 2.75) is 182 Å². The molecule has 2 aliphatic carbocycles. The smallest absolute Gasteiger partial charge is 0.411 e. The van der Waals surface area contributed by atoms with E-state index >= 15 is 0 Å². The number of ether oxygens (including phenoxy) is 12. The molecule has 4 aliphatic heterocycles. The van der Waals surface area contributed by atoms with Gasteiger partial charge in [-0.15, -0.1) is 0 Å². The summed E-state index contributed by atoms with van der Waals surface area (Å²) < 4.78 is 72.7. The first kappa shape index (κ1) is 69.5. The zero-order valence-corrected chi connectivity index (χ0v) is 54.4. The van der Waals surface area contributed by atoms with Crippen LogP contribution in [0, 0.1) is 34.2 Å². The van der Waals surface area contributed by atoms with E-state index in [0.29, 0.717) is 14.9 Å². The second-order valence-corrected chi connectivity index (χ2v) is 27.4. The molecule has 2 bridgehead atoms. The summed E-state index contributed by atoms with van der Waals surface area (Å²) in [6.07, 6.45) is -11.9. The molecule has 1 amide bonds. The van der Waals surface area contributed by atoms with Crippen LogP contribution in [-0.2, 0) is 52.3 Å². The molecule has 0 aromatic heterocycles. The van der Waals surface area contributed by atoms with Crippen LogP contribution in [0.4, 0.5) is 4.79 Å². The molecule has 7 rings (SSSR count). The Kier molecular flexibility index (Phi) is 25.9. The summed E-state index contributed by atoms with van der Waals surface area (Å²) in [5.41, 5.74) is 1.30. The second-order valence-electron chi connectivity index (χ2n) is 20.8. The first-order valence-corrected chi connectivity index (χ1v) is 33.3. The van der Waals surface area contributed by atoms with Crippen LogP contribution in [-0.4, -0.2) is 218 Å². The fraction of sp³-hybridized carbons (Fsp3) is 0.661. The van der Waals surface area contributed by atoms with Gasteiger partial charge in [0.05, 0.1) is 97.0 Å². The number of ketones is 1.